The lowest BCUT2D eigenvalue weighted by atomic mass is 10.2. The first-order valence-electron chi connectivity index (χ1n) is 7.01. The smallest absolute Gasteiger partial charge is 0.340 e. The molecule has 1 aliphatic heterocycles. The van der Waals surface area contributed by atoms with Crippen LogP contribution in [0.4, 0.5) is 0 Å². The van der Waals surface area contributed by atoms with Crippen molar-refractivity contribution in [2.75, 3.05) is 13.6 Å². The number of hydrogen-bond acceptors (Lipinski definition) is 5. The molecule has 21 heavy (non-hydrogen) atoms. The molecule has 1 atom stereocenters. The largest absolute Gasteiger partial charge is 0.478 e. The summed E-state index contributed by atoms with van der Waals surface area (Å²) < 4.78 is 0. The molecule has 3 rings (SSSR count). The van der Waals surface area contributed by atoms with E-state index in [-0.39, 0.29) is 16.7 Å². The van der Waals surface area contributed by atoms with Crippen molar-refractivity contribution in [1.82, 2.24) is 14.9 Å². The van der Waals surface area contributed by atoms with Crippen molar-refractivity contribution in [3.05, 3.63) is 17.1 Å². The first-order chi connectivity index (χ1) is 9.97. The molecular formula is C14H17N3O3S. The number of carboxylic acid groups (broad SMARTS) is 1. The first kappa shape index (κ1) is 14.3. The van der Waals surface area contributed by atoms with E-state index in [1.165, 1.54) is 11.8 Å². The second-order valence-electron chi connectivity index (χ2n) is 5.58. The Kier molecular flexibility index (Phi) is 3.61. The van der Waals surface area contributed by atoms with Crippen LogP contribution in [0.15, 0.2) is 5.03 Å². The maximum atomic E-state index is 12.0. The van der Waals surface area contributed by atoms with Gasteiger partial charge in [0, 0.05) is 19.5 Å². The summed E-state index contributed by atoms with van der Waals surface area (Å²) in [7, 11) is 1.77. The molecule has 1 N–H and O–H groups in total. The second-order valence-corrected chi connectivity index (χ2v) is 6.77. The maximum Gasteiger partial charge on any atom is 0.340 e. The zero-order valence-corrected chi connectivity index (χ0v) is 12.8. The minimum Gasteiger partial charge on any atom is -0.478 e. The van der Waals surface area contributed by atoms with Gasteiger partial charge in [0.05, 0.1) is 10.9 Å². The van der Waals surface area contributed by atoms with Crippen LogP contribution in [0, 0.1) is 6.92 Å². The second kappa shape index (κ2) is 5.29. The highest BCUT2D eigenvalue weighted by atomic mass is 32.2. The van der Waals surface area contributed by atoms with Crippen LogP contribution >= 0.6 is 11.8 Å². The number of thioether (sulfide) groups is 1. The summed E-state index contributed by atoms with van der Waals surface area (Å²) in [5.41, 5.74) is 0.618. The number of hydrogen-bond donors (Lipinski definition) is 1. The zero-order valence-electron chi connectivity index (χ0n) is 12.0. The molecule has 1 saturated carbocycles. The molecule has 2 heterocycles. The lowest BCUT2D eigenvalue weighted by Gasteiger charge is -2.13. The number of rotatable bonds is 4. The summed E-state index contributed by atoms with van der Waals surface area (Å²) in [5.74, 6) is 0.0865. The molecule has 0 radical (unpaired) electrons. The van der Waals surface area contributed by atoms with Gasteiger partial charge in [0.2, 0.25) is 5.91 Å². The molecule has 1 amide bonds. The Labute approximate surface area is 127 Å². The number of carboxylic acids is 1. The van der Waals surface area contributed by atoms with Crippen LogP contribution in [0.25, 0.3) is 0 Å². The predicted octanol–water partition coefficient (Wildman–Crippen LogP) is 1.68. The Balaban J connectivity index is 1.95. The highest BCUT2D eigenvalue weighted by molar-refractivity contribution is 8.00. The molecule has 2 aliphatic rings. The van der Waals surface area contributed by atoms with Crippen LogP contribution in [0.2, 0.25) is 0 Å². The van der Waals surface area contributed by atoms with E-state index < -0.39 is 5.97 Å². The summed E-state index contributed by atoms with van der Waals surface area (Å²) in [6.07, 6.45) is 2.84. The molecule has 112 valence electrons. The summed E-state index contributed by atoms with van der Waals surface area (Å²) >= 11 is 1.27. The fourth-order valence-electron chi connectivity index (χ4n) is 2.46. The Bertz CT molecular complexity index is 616. The quantitative estimate of drug-likeness (QED) is 0.852. The van der Waals surface area contributed by atoms with Crippen LogP contribution in [0.1, 0.15) is 47.1 Å². The molecular weight excluding hydrogens is 290 g/mol. The van der Waals surface area contributed by atoms with Gasteiger partial charge in [0.25, 0.3) is 0 Å². The van der Waals surface area contributed by atoms with Crippen molar-refractivity contribution in [3.63, 3.8) is 0 Å². The summed E-state index contributed by atoms with van der Waals surface area (Å²) in [5, 5.41) is 9.59. The van der Waals surface area contributed by atoms with Gasteiger partial charge in [-0.1, -0.05) is 11.8 Å². The molecule has 0 bridgehead atoms. The fourth-order valence-corrected chi connectivity index (χ4v) is 3.73. The molecule has 1 unspecified atom stereocenters. The normalized spacial score (nSPS) is 21.9. The van der Waals surface area contributed by atoms with E-state index in [0.29, 0.717) is 23.2 Å². The Morgan fingerprint density at radius 2 is 2.05 bits per heavy atom. The number of aryl methyl sites for hydroxylation is 1. The standard InChI is InChI=1S/C14H17N3O3S/c1-7-10(14(19)20)12(16-11(15-7)8-3-4-8)21-9-5-6-17(2)13(9)18/h8-9H,3-6H2,1-2H3,(H,19,20). The van der Waals surface area contributed by atoms with Crippen LogP contribution < -0.4 is 0 Å². The third-order valence-electron chi connectivity index (χ3n) is 3.86. The molecule has 2 fully saturated rings. The van der Waals surface area contributed by atoms with Crippen LogP contribution in [0.3, 0.4) is 0 Å². The number of carbonyl (C=O) groups is 2. The predicted molar refractivity (Wildman–Crippen MR) is 77.6 cm³/mol. The van der Waals surface area contributed by atoms with E-state index in [2.05, 4.69) is 9.97 Å². The Hall–Kier alpha value is -1.63. The summed E-state index contributed by atoms with van der Waals surface area (Å²) in [6, 6.07) is 0. The topological polar surface area (TPSA) is 83.4 Å². The minimum atomic E-state index is -1.03. The van der Waals surface area contributed by atoms with Crippen molar-refractivity contribution < 1.29 is 14.7 Å². The van der Waals surface area contributed by atoms with Gasteiger partial charge in [-0.25, -0.2) is 14.8 Å². The zero-order chi connectivity index (χ0) is 15.1. The molecule has 0 spiro atoms. The number of likely N-dealkylation sites (tertiary alicyclic amines) is 1. The van der Waals surface area contributed by atoms with Gasteiger partial charge < -0.3 is 10.0 Å². The SMILES string of the molecule is Cc1nc(C2CC2)nc(SC2CCN(C)C2=O)c1C(=O)O. The number of nitrogens with zero attached hydrogens (tertiary/aromatic N) is 3. The fraction of sp³-hybridized carbons (Fsp3) is 0.571. The van der Waals surface area contributed by atoms with Gasteiger partial charge >= 0.3 is 5.97 Å². The van der Waals surface area contributed by atoms with Crippen molar-refractivity contribution in [2.45, 2.75) is 42.4 Å². The van der Waals surface area contributed by atoms with E-state index in [1.54, 1.807) is 18.9 Å². The van der Waals surface area contributed by atoms with E-state index in [9.17, 15) is 14.7 Å². The van der Waals surface area contributed by atoms with Gasteiger partial charge in [-0.2, -0.15) is 0 Å². The highest BCUT2D eigenvalue weighted by Gasteiger charge is 2.34. The van der Waals surface area contributed by atoms with Gasteiger partial charge in [-0.05, 0) is 26.2 Å². The lowest BCUT2D eigenvalue weighted by Crippen LogP contribution is -2.24. The molecule has 7 heteroatoms. The van der Waals surface area contributed by atoms with Crippen LogP contribution in [-0.4, -0.2) is 50.7 Å². The third kappa shape index (κ3) is 2.74. The average Bonchev–Trinajstić information content (AvgIpc) is 3.21. The van der Waals surface area contributed by atoms with Crippen LogP contribution in [-0.2, 0) is 4.79 Å². The van der Waals surface area contributed by atoms with Crippen molar-refractivity contribution in [3.8, 4) is 0 Å². The van der Waals surface area contributed by atoms with Gasteiger partial charge in [0.15, 0.2) is 0 Å². The van der Waals surface area contributed by atoms with Gasteiger partial charge in [0.1, 0.15) is 16.4 Å². The van der Waals surface area contributed by atoms with Crippen molar-refractivity contribution in [1.29, 1.82) is 0 Å². The van der Waals surface area contributed by atoms with Gasteiger partial charge in [-0.3, -0.25) is 4.79 Å². The monoisotopic (exact) mass is 307 g/mol. The number of carbonyl (C=O) groups excluding carboxylic acids is 1. The number of aromatic carboxylic acids is 1. The van der Waals surface area contributed by atoms with Crippen LogP contribution in [0.5, 0.6) is 0 Å². The van der Waals surface area contributed by atoms with E-state index >= 15 is 0 Å². The molecule has 1 aromatic heterocycles. The average molecular weight is 307 g/mol. The maximum absolute atomic E-state index is 12.0. The molecule has 1 aliphatic carbocycles. The molecule has 0 aromatic carbocycles. The Morgan fingerprint density at radius 3 is 2.57 bits per heavy atom. The minimum absolute atomic E-state index is 0.0422. The van der Waals surface area contributed by atoms with E-state index in [1.807, 2.05) is 0 Å². The van der Waals surface area contributed by atoms with Crippen molar-refractivity contribution >= 4 is 23.6 Å². The molecule has 1 saturated heterocycles. The van der Waals surface area contributed by atoms with E-state index in [4.69, 9.17) is 0 Å². The number of aromatic nitrogens is 2. The summed E-state index contributed by atoms with van der Waals surface area (Å²) in [6.45, 7) is 2.40. The van der Waals surface area contributed by atoms with E-state index in [0.717, 1.165) is 25.1 Å². The lowest BCUT2D eigenvalue weighted by molar-refractivity contribution is -0.126. The van der Waals surface area contributed by atoms with Crippen molar-refractivity contribution in [2.24, 2.45) is 0 Å². The highest BCUT2D eigenvalue weighted by Crippen LogP contribution is 2.40. The van der Waals surface area contributed by atoms with Gasteiger partial charge in [-0.15, -0.1) is 0 Å². The molecule has 6 nitrogen and oxygen atoms in total. The first-order valence-corrected chi connectivity index (χ1v) is 7.88. The third-order valence-corrected chi connectivity index (χ3v) is 5.10. The summed E-state index contributed by atoms with van der Waals surface area (Å²) in [4.78, 5) is 33.9. The number of amides is 1. The Morgan fingerprint density at radius 1 is 1.33 bits per heavy atom. The molecule has 1 aromatic rings.